The lowest BCUT2D eigenvalue weighted by Crippen LogP contribution is -2.37. The van der Waals surface area contributed by atoms with Crippen molar-refractivity contribution in [2.45, 2.75) is 44.0 Å². The van der Waals surface area contributed by atoms with Crippen LogP contribution in [0.2, 0.25) is 0 Å². The van der Waals surface area contributed by atoms with Gasteiger partial charge in [-0.05, 0) is 19.8 Å². The van der Waals surface area contributed by atoms with E-state index in [2.05, 4.69) is 0 Å². The van der Waals surface area contributed by atoms with E-state index < -0.39 is 12.1 Å². The molecule has 1 N–H and O–H groups in total. The largest absolute Gasteiger partial charge is 0.479 e. The van der Waals surface area contributed by atoms with E-state index >= 15 is 0 Å². The Hall–Kier alpha value is -0.610. The van der Waals surface area contributed by atoms with Crippen molar-refractivity contribution in [3.8, 4) is 0 Å². The number of aliphatic carboxylic acids is 1. The fourth-order valence-corrected chi connectivity index (χ4v) is 2.20. The molecule has 0 aromatic rings. The molecule has 4 nitrogen and oxygen atoms in total. The van der Waals surface area contributed by atoms with Gasteiger partial charge in [0, 0.05) is 13.0 Å². The van der Waals surface area contributed by atoms with E-state index in [1.165, 1.54) is 0 Å². The third-order valence-corrected chi connectivity index (χ3v) is 3.12. The first-order chi connectivity index (χ1) is 6.14. The SMILES string of the molecule is CC1OCCC12CCC(C(=O)O)O2. The van der Waals surface area contributed by atoms with Crippen molar-refractivity contribution >= 4 is 5.97 Å². The Bertz CT molecular complexity index is 228. The summed E-state index contributed by atoms with van der Waals surface area (Å²) < 4.78 is 11.0. The van der Waals surface area contributed by atoms with Crippen molar-refractivity contribution < 1.29 is 19.4 Å². The fraction of sp³-hybridized carbons (Fsp3) is 0.889. The zero-order valence-electron chi connectivity index (χ0n) is 7.66. The summed E-state index contributed by atoms with van der Waals surface area (Å²) in [7, 11) is 0. The molecule has 0 saturated carbocycles. The van der Waals surface area contributed by atoms with Gasteiger partial charge in [-0.2, -0.15) is 0 Å². The molecule has 74 valence electrons. The lowest BCUT2D eigenvalue weighted by molar-refractivity contribution is -0.157. The average Bonchev–Trinajstić information content (AvgIpc) is 2.63. The monoisotopic (exact) mass is 186 g/mol. The molecule has 0 amide bonds. The van der Waals surface area contributed by atoms with Gasteiger partial charge in [0.15, 0.2) is 6.10 Å². The highest BCUT2D eigenvalue weighted by Crippen LogP contribution is 2.41. The molecule has 2 saturated heterocycles. The summed E-state index contributed by atoms with van der Waals surface area (Å²) in [6.45, 7) is 2.64. The minimum Gasteiger partial charge on any atom is -0.479 e. The summed E-state index contributed by atoms with van der Waals surface area (Å²) in [5, 5.41) is 8.78. The van der Waals surface area contributed by atoms with Crippen molar-refractivity contribution in [3.05, 3.63) is 0 Å². The van der Waals surface area contributed by atoms with Crippen molar-refractivity contribution in [1.29, 1.82) is 0 Å². The van der Waals surface area contributed by atoms with Crippen molar-refractivity contribution in [3.63, 3.8) is 0 Å². The number of carboxylic acids is 1. The highest BCUT2D eigenvalue weighted by Gasteiger charge is 2.50. The first-order valence-electron chi connectivity index (χ1n) is 4.66. The van der Waals surface area contributed by atoms with E-state index in [0.717, 1.165) is 12.8 Å². The summed E-state index contributed by atoms with van der Waals surface area (Å²) in [4.78, 5) is 10.7. The maximum Gasteiger partial charge on any atom is 0.332 e. The molecule has 0 radical (unpaired) electrons. The van der Waals surface area contributed by atoms with E-state index in [-0.39, 0.29) is 11.7 Å². The molecule has 3 unspecified atom stereocenters. The second kappa shape index (κ2) is 2.96. The lowest BCUT2D eigenvalue weighted by atomic mass is 9.93. The van der Waals surface area contributed by atoms with Gasteiger partial charge in [-0.25, -0.2) is 4.79 Å². The molecule has 13 heavy (non-hydrogen) atoms. The molecule has 2 heterocycles. The lowest BCUT2D eigenvalue weighted by Gasteiger charge is -2.26. The standard InChI is InChI=1S/C9H14O4/c1-6-9(4-5-12-6)3-2-7(13-9)8(10)11/h6-7H,2-5H2,1H3,(H,10,11). The molecule has 3 atom stereocenters. The number of carboxylic acid groups (broad SMARTS) is 1. The topological polar surface area (TPSA) is 55.8 Å². The zero-order valence-corrected chi connectivity index (χ0v) is 7.66. The van der Waals surface area contributed by atoms with Crippen LogP contribution in [-0.2, 0) is 14.3 Å². The summed E-state index contributed by atoms with van der Waals surface area (Å²) in [5.74, 6) is -0.851. The van der Waals surface area contributed by atoms with Gasteiger partial charge >= 0.3 is 5.97 Å². The molecule has 0 aliphatic carbocycles. The maximum atomic E-state index is 10.7. The molecule has 0 aromatic carbocycles. The Morgan fingerprint density at radius 3 is 2.77 bits per heavy atom. The van der Waals surface area contributed by atoms with Gasteiger partial charge in [-0.15, -0.1) is 0 Å². The second-order valence-corrected chi connectivity index (χ2v) is 3.81. The van der Waals surface area contributed by atoms with Crippen LogP contribution >= 0.6 is 0 Å². The van der Waals surface area contributed by atoms with Crippen LogP contribution in [0.5, 0.6) is 0 Å². The number of carbonyl (C=O) groups is 1. The first kappa shape index (κ1) is 8.97. The van der Waals surface area contributed by atoms with Gasteiger partial charge < -0.3 is 14.6 Å². The predicted octanol–water partition coefficient (Wildman–Crippen LogP) is 0.798. The molecule has 2 aliphatic heterocycles. The molecule has 4 heteroatoms. The molecule has 0 aromatic heterocycles. The molecule has 1 spiro atoms. The van der Waals surface area contributed by atoms with E-state index in [1.54, 1.807) is 0 Å². The van der Waals surface area contributed by atoms with Crippen molar-refractivity contribution in [2.24, 2.45) is 0 Å². The normalized spacial score (nSPS) is 44.4. The first-order valence-corrected chi connectivity index (χ1v) is 4.66. The van der Waals surface area contributed by atoms with Crippen LogP contribution in [0.3, 0.4) is 0 Å². The molecule has 2 aliphatic rings. The highest BCUT2D eigenvalue weighted by atomic mass is 16.6. The van der Waals surface area contributed by atoms with E-state index in [1.807, 2.05) is 6.92 Å². The van der Waals surface area contributed by atoms with Gasteiger partial charge in [-0.3, -0.25) is 0 Å². The molecule has 2 fully saturated rings. The maximum absolute atomic E-state index is 10.7. The van der Waals surface area contributed by atoms with Crippen molar-refractivity contribution in [2.75, 3.05) is 6.61 Å². The molecular weight excluding hydrogens is 172 g/mol. The summed E-state index contributed by atoms with van der Waals surface area (Å²) in [6, 6.07) is 0. The second-order valence-electron chi connectivity index (χ2n) is 3.81. The third-order valence-electron chi connectivity index (χ3n) is 3.12. The Morgan fingerprint density at radius 2 is 2.31 bits per heavy atom. The number of hydrogen-bond donors (Lipinski definition) is 1. The predicted molar refractivity (Wildman–Crippen MR) is 44.5 cm³/mol. The Labute approximate surface area is 76.8 Å². The number of rotatable bonds is 1. The van der Waals surface area contributed by atoms with Crippen LogP contribution < -0.4 is 0 Å². The molecule has 0 bridgehead atoms. The van der Waals surface area contributed by atoms with E-state index in [9.17, 15) is 4.79 Å². The van der Waals surface area contributed by atoms with Crippen molar-refractivity contribution in [1.82, 2.24) is 0 Å². The number of ether oxygens (including phenoxy) is 2. The summed E-state index contributed by atoms with van der Waals surface area (Å²) in [5.41, 5.74) is -0.303. The van der Waals surface area contributed by atoms with Crippen LogP contribution in [-0.4, -0.2) is 35.5 Å². The minimum absolute atomic E-state index is 0.0387. The fourth-order valence-electron chi connectivity index (χ4n) is 2.20. The Morgan fingerprint density at radius 1 is 1.54 bits per heavy atom. The molecular formula is C9H14O4. The average molecular weight is 186 g/mol. The van der Waals surface area contributed by atoms with Gasteiger partial charge in [-0.1, -0.05) is 0 Å². The smallest absolute Gasteiger partial charge is 0.332 e. The minimum atomic E-state index is -0.851. The highest BCUT2D eigenvalue weighted by molar-refractivity contribution is 5.72. The van der Waals surface area contributed by atoms with E-state index in [4.69, 9.17) is 14.6 Å². The van der Waals surface area contributed by atoms with Crippen LogP contribution in [0.4, 0.5) is 0 Å². The van der Waals surface area contributed by atoms with Crippen LogP contribution in [0.1, 0.15) is 26.2 Å². The van der Waals surface area contributed by atoms with Gasteiger partial charge in [0.05, 0.1) is 11.7 Å². The third kappa shape index (κ3) is 1.34. The number of hydrogen-bond acceptors (Lipinski definition) is 3. The van der Waals surface area contributed by atoms with Crippen LogP contribution in [0, 0.1) is 0 Å². The zero-order chi connectivity index (χ0) is 9.47. The summed E-state index contributed by atoms with van der Waals surface area (Å²) >= 11 is 0. The van der Waals surface area contributed by atoms with Gasteiger partial charge in [0.1, 0.15) is 0 Å². The van der Waals surface area contributed by atoms with Gasteiger partial charge in [0.2, 0.25) is 0 Å². The summed E-state index contributed by atoms with van der Waals surface area (Å²) in [6.07, 6.45) is 1.67. The Kier molecular flexibility index (Phi) is 2.04. The van der Waals surface area contributed by atoms with Crippen LogP contribution in [0.15, 0.2) is 0 Å². The quantitative estimate of drug-likeness (QED) is 0.658. The Balaban J connectivity index is 2.07. The van der Waals surface area contributed by atoms with Gasteiger partial charge in [0.25, 0.3) is 0 Å². The molecule has 2 rings (SSSR count). The van der Waals surface area contributed by atoms with Crippen LogP contribution in [0.25, 0.3) is 0 Å². The van der Waals surface area contributed by atoms with E-state index in [0.29, 0.717) is 13.0 Å².